The van der Waals surface area contributed by atoms with E-state index in [1.807, 2.05) is 0 Å². The van der Waals surface area contributed by atoms with Crippen molar-refractivity contribution in [3.63, 3.8) is 0 Å². The lowest BCUT2D eigenvalue weighted by molar-refractivity contribution is -0.274. The Labute approximate surface area is 124 Å². The molecule has 1 aromatic rings. The largest absolute Gasteiger partial charge is 0.573 e. The Kier molecular flexibility index (Phi) is 6.17. The number of benzene rings is 1. The van der Waals surface area contributed by atoms with Gasteiger partial charge < -0.3 is 20.9 Å². The fourth-order valence-electron chi connectivity index (χ4n) is 1.65. The number of alkyl halides is 3. The van der Waals surface area contributed by atoms with Crippen molar-refractivity contribution in [2.45, 2.75) is 31.8 Å². The number of rotatable bonds is 8. The van der Waals surface area contributed by atoms with E-state index in [9.17, 15) is 22.8 Å². The average molecular weight is 320 g/mol. The van der Waals surface area contributed by atoms with E-state index in [2.05, 4.69) is 10.1 Å². The number of carbonyl (C=O) groups is 2. The molecule has 122 valence electrons. The molecule has 22 heavy (non-hydrogen) atoms. The molecule has 0 bridgehead atoms. The number of carbonyl (C=O) groups excluding carboxylic acids is 1. The predicted molar refractivity (Wildman–Crippen MR) is 69.8 cm³/mol. The fourth-order valence-corrected chi connectivity index (χ4v) is 1.65. The number of carboxylic acid groups (broad SMARTS) is 1. The maximum Gasteiger partial charge on any atom is 0.573 e. The van der Waals surface area contributed by atoms with E-state index in [1.165, 1.54) is 12.1 Å². The standard InChI is InChI=1S/C13H15F3N2O4/c14-13(15,16)22-9-3-1-8(2-4-9)7-18-10(12(20)21)5-6-11(17)19/h1-4,10,18H,5-7H2,(H2,17,19)(H,20,21)/t10-/m0/s1. The zero-order chi connectivity index (χ0) is 16.8. The number of halogens is 3. The third-order valence-electron chi connectivity index (χ3n) is 2.69. The Morgan fingerprint density at radius 3 is 2.32 bits per heavy atom. The van der Waals surface area contributed by atoms with Crippen LogP contribution in [0.3, 0.4) is 0 Å². The van der Waals surface area contributed by atoms with Gasteiger partial charge in [0, 0.05) is 13.0 Å². The Hall–Kier alpha value is -2.29. The molecule has 0 aliphatic heterocycles. The van der Waals surface area contributed by atoms with Gasteiger partial charge in [0.05, 0.1) is 0 Å². The Bertz CT molecular complexity index is 517. The molecule has 0 aliphatic carbocycles. The van der Waals surface area contributed by atoms with Crippen LogP contribution in [0.2, 0.25) is 0 Å². The number of amides is 1. The summed E-state index contributed by atoms with van der Waals surface area (Å²) >= 11 is 0. The zero-order valence-electron chi connectivity index (χ0n) is 11.4. The number of hydrogen-bond acceptors (Lipinski definition) is 4. The summed E-state index contributed by atoms with van der Waals surface area (Å²) in [5.41, 5.74) is 5.52. The SMILES string of the molecule is NC(=O)CC[C@H](NCc1ccc(OC(F)(F)F)cc1)C(=O)O. The van der Waals surface area contributed by atoms with Crippen molar-refractivity contribution in [1.29, 1.82) is 0 Å². The highest BCUT2D eigenvalue weighted by atomic mass is 19.4. The summed E-state index contributed by atoms with van der Waals surface area (Å²) in [5, 5.41) is 11.7. The average Bonchev–Trinajstić information content (AvgIpc) is 2.38. The molecule has 1 aromatic carbocycles. The van der Waals surface area contributed by atoms with Crippen molar-refractivity contribution >= 4 is 11.9 Å². The number of aliphatic carboxylic acids is 1. The highest BCUT2D eigenvalue weighted by Gasteiger charge is 2.30. The molecule has 0 fully saturated rings. The number of ether oxygens (including phenoxy) is 1. The van der Waals surface area contributed by atoms with Gasteiger partial charge >= 0.3 is 12.3 Å². The lowest BCUT2D eigenvalue weighted by atomic mass is 10.1. The number of carboxylic acids is 1. The second-order valence-corrected chi connectivity index (χ2v) is 4.47. The van der Waals surface area contributed by atoms with Gasteiger partial charge in [-0.05, 0) is 24.1 Å². The summed E-state index contributed by atoms with van der Waals surface area (Å²) in [6.07, 6.45) is -4.81. The first-order valence-electron chi connectivity index (χ1n) is 6.26. The number of primary amides is 1. The molecule has 0 spiro atoms. The van der Waals surface area contributed by atoms with Crippen LogP contribution in [0.4, 0.5) is 13.2 Å². The molecule has 1 atom stereocenters. The normalized spacial score (nSPS) is 12.7. The maximum atomic E-state index is 12.0. The van der Waals surface area contributed by atoms with Crippen LogP contribution in [0, 0.1) is 0 Å². The summed E-state index contributed by atoms with van der Waals surface area (Å²) in [5.74, 6) is -2.11. The number of hydrogen-bond donors (Lipinski definition) is 3. The van der Waals surface area contributed by atoms with Gasteiger partial charge in [-0.25, -0.2) is 0 Å². The van der Waals surface area contributed by atoms with E-state index in [-0.39, 0.29) is 25.1 Å². The van der Waals surface area contributed by atoms with E-state index in [4.69, 9.17) is 10.8 Å². The summed E-state index contributed by atoms with van der Waals surface area (Å²) in [6.45, 7) is 0.113. The molecule has 0 aromatic heterocycles. The van der Waals surface area contributed by atoms with E-state index in [1.54, 1.807) is 0 Å². The molecule has 0 heterocycles. The van der Waals surface area contributed by atoms with E-state index in [0.29, 0.717) is 5.56 Å². The molecule has 0 saturated carbocycles. The minimum Gasteiger partial charge on any atom is -0.480 e. The van der Waals surface area contributed by atoms with E-state index in [0.717, 1.165) is 12.1 Å². The zero-order valence-corrected chi connectivity index (χ0v) is 11.4. The van der Waals surface area contributed by atoms with Gasteiger partial charge in [0.15, 0.2) is 0 Å². The summed E-state index contributed by atoms with van der Waals surface area (Å²) < 4.78 is 39.7. The third-order valence-corrected chi connectivity index (χ3v) is 2.69. The highest BCUT2D eigenvalue weighted by Crippen LogP contribution is 2.22. The van der Waals surface area contributed by atoms with Gasteiger partial charge in [0.25, 0.3) is 0 Å². The topological polar surface area (TPSA) is 102 Å². The van der Waals surface area contributed by atoms with Gasteiger partial charge in [-0.15, -0.1) is 13.2 Å². The minimum atomic E-state index is -4.76. The minimum absolute atomic E-state index is 0.0277. The first kappa shape index (κ1) is 17.8. The van der Waals surface area contributed by atoms with Gasteiger partial charge in [0.1, 0.15) is 11.8 Å². The van der Waals surface area contributed by atoms with Gasteiger partial charge in [-0.2, -0.15) is 0 Å². The molecular weight excluding hydrogens is 305 g/mol. The highest BCUT2D eigenvalue weighted by molar-refractivity contribution is 5.77. The second kappa shape index (κ2) is 7.64. The van der Waals surface area contributed by atoms with Crippen LogP contribution in [0.5, 0.6) is 5.75 Å². The van der Waals surface area contributed by atoms with Crippen molar-refractivity contribution in [3.8, 4) is 5.75 Å². The molecule has 6 nitrogen and oxygen atoms in total. The molecule has 1 rings (SSSR count). The molecule has 0 aliphatic rings. The second-order valence-electron chi connectivity index (χ2n) is 4.47. The Morgan fingerprint density at radius 2 is 1.86 bits per heavy atom. The molecular formula is C13H15F3N2O4. The molecule has 9 heteroatoms. The van der Waals surface area contributed by atoms with Crippen LogP contribution in [-0.4, -0.2) is 29.4 Å². The first-order valence-corrected chi connectivity index (χ1v) is 6.26. The summed E-state index contributed by atoms with van der Waals surface area (Å²) in [7, 11) is 0. The first-order chi connectivity index (χ1) is 10.2. The van der Waals surface area contributed by atoms with Crippen LogP contribution >= 0.6 is 0 Å². The van der Waals surface area contributed by atoms with Crippen molar-refractivity contribution in [1.82, 2.24) is 5.32 Å². The van der Waals surface area contributed by atoms with Crippen LogP contribution in [0.15, 0.2) is 24.3 Å². The summed E-state index contributed by atoms with van der Waals surface area (Å²) in [4.78, 5) is 21.6. The van der Waals surface area contributed by atoms with Gasteiger partial charge in [0.2, 0.25) is 5.91 Å². The number of nitrogens with one attached hydrogen (secondary N) is 1. The smallest absolute Gasteiger partial charge is 0.480 e. The van der Waals surface area contributed by atoms with Gasteiger partial charge in [-0.1, -0.05) is 12.1 Å². The van der Waals surface area contributed by atoms with Gasteiger partial charge in [-0.3, -0.25) is 9.59 Å². The number of nitrogens with two attached hydrogens (primary N) is 1. The van der Waals surface area contributed by atoms with Crippen LogP contribution in [-0.2, 0) is 16.1 Å². The van der Waals surface area contributed by atoms with Crippen molar-refractivity contribution < 1.29 is 32.6 Å². The van der Waals surface area contributed by atoms with Crippen molar-refractivity contribution in [2.24, 2.45) is 5.73 Å². The molecule has 0 unspecified atom stereocenters. The lowest BCUT2D eigenvalue weighted by Crippen LogP contribution is -2.37. The van der Waals surface area contributed by atoms with E-state index < -0.39 is 24.3 Å². The Morgan fingerprint density at radius 1 is 1.27 bits per heavy atom. The lowest BCUT2D eigenvalue weighted by Gasteiger charge is -2.14. The quantitative estimate of drug-likeness (QED) is 0.672. The van der Waals surface area contributed by atoms with Crippen molar-refractivity contribution in [3.05, 3.63) is 29.8 Å². The molecule has 4 N–H and O–H groups in total. The fraction of sp³-hybridized carbons (Fsp3) is 0.385. The van der Waals surface area contributed by atoms with E-state index >= 15 is 0 Å². The monoisotopic (exact) mass is 320 g/mol. The third kappa shape index (κ3) is 6.93. The predicted octanol–water partition coefficient (Wildman–Crippen LogP) is 1.39. The molecule has 0 saturated heterocycles. The maximum absolute atomic E-state index is 12.0. The molecule has 1 amide bonds. The molecule has 0 radical (unpaired) electrons. The van der Waals surface area contributed by atoms with Crippen LogP contribution in [0.25, 0.3) is 0 Å². The summed E-state index contributed by atoms with van der Waals surface area (Å²) in [6, 6.07) is 4.04. The Balaban J connectivity index is 2.55. The van der Waals surface area contributed by atoms with Crippen molar-refractivity contribution in [2.75, 3.05) is 0 Å². The van der Waals surface area contributed by atoms with Crippen LogP contribution in [0.1, 0.15) is 18.4 Å². The van der Waals surface area contributed by atoms with Crippen LogP contribution < -0.4 is 15.8 Å².